The highest BCUT2D eigenvalue weighted by Crippen LogP contribution is 2.44. The van der Waals surface area contributed by atoms with Gasteiger partial charge in [0.2, 0.25) is 11.8 Å². The van der Waals surface area contributed by atoms with Gasteiger partial charge in [-0.1, -0.05) is 37.1 Å². The second-order valence-electron chi connectivity index (χ2n) is 7.12. The van der Waals surface area contributed by atoms with E-state index in [-0.39, 0.29) is 36.0 Å². The fourth-order valence-electron chi connectivity index (χ4n) is 3.74. The Kier molecular flexibility index (Phi) is 5.84. The van der Waals surface area contributed by atoms with E-state index in [2.05, 4.69) is 10.6 Å². The van der Waals surface area contributed by atoms with Crippen molar-refractivity contribution in [1.82, 2.24) is 0 Å². The van der Waals surface area contributed by atoms with Crippen molar-refractivity contribution in [2.24, 2.45) is 5.41 Å². The van der Waals surface area contributed by atoms with Gasteiger partial charge in [0.25, 0.3) is 0 Å². The summed E-state index contributed by atoms with van der Waals surface area (Å²) in [5, 5.41) is 5.18. The summed E-state index contributed by atoms with van der Waals surface area (Å²) in [4.78, 5) is 24.9. The molecule has 27 heavy (non-hydrogen) atoms. The van der Waals surface area contributed by atoms with Gasteiger partial charge in [0.1, 0.15) is 11.6 Å². The standard InChI is InChI=1S/C21H22F2N2O2/c22-15-7-1-3-9-17(15)24-19(26)13-21(11-5-6-12-21)14-20(27)25-18-10-4-2-8-16(18)23/h1-4,7-10H,5-6,11-14H2,(H,24,26)(H,25,27). The van der Waals surface area contributed by atoms with Gasteiger partial charge in [-0.15, -0.1) is 0 Å². The summed E-state index contributed by atoms with van der Waals surface area (Å²) in [5.74, 6) is -1.63. The van der Waals surface area contributed by atoms with Crippen LogP contribution in [0.4, 0.5) is 20.2 Å². The molecular weight excluding hydrogens is 350 g/mol. The molecule has 2 amide bonds. The first kappa shape index (κ1) is 19.0. The van der Waals surface area contributed by atoms with Gasteiger partial charge in [-0.25, -0.2) is 8.78 Å². The monoisotopic (exact) mass is 372 g/mol. The van der Waals surface area contributed by atoms with Crippen LogP contribution >= 0.6 is 0 Å². The van der Waals surface area contributed by atoms with Crippen LogP contribution in [0.3, 0.4) is 0 Å². The van der Waals surface area contributed by atoms with Gasteiger partial charge >= 0.3 is 0 Å². The molecular formula is C21H22F2N2O2. The van der Waals surface area contributed by atoms with Crippen molar-refractivity contribution in [1.29, 1.82) is 0 Å². The van der Waals surface area contributed by atoms with Gasteiger partial charge in [-0.3, -0.25) is 9.59 Å². The van der Waals surface area contributed by atoms with E-state index >= 15 is 0 Å². The van der Waals surface area contributed by atoms with Crippen molar-refractivity contribution in [2.75, 3.05) is 10.6 Å². The van der Waals surface area contributed by atoms with Crippen LogP contribution in [0.25, 0.3) is 0 Å². The number of amides is 2. The Morgan fingerprint density at radius 1 is 0.778 bits per heavy atom. The number of nitrogens with one attached hydrogen (secondary N) is 2. The Bertz CT molecular complexity index is 769. The molecule has 6 heteroatoms. The average Bonchev–Trinajstić information content (AvgIpc) is 3.06. The number of anilines is 2. The molecule has 1 fully saturated rings. The van der Waals surface area contributed by atoms with Crippen molar-refractivity contribution in [3.05, 3.63) is 60.2 Å². The van der Waals surface area contributed by atoms with Crippen molar-refractivity contribution < 1.29 is 18.4 Å². The van der Waals surface area contributed by atoms with Gasteiger partial charge in [0.05, 0.1) is 11.4 Å². The lowest BCUT2D eigenvalue weighted by molar-refractivity contribution is -0.121. The minimum atomic E-state index is -0.497. The second kappa shape index (κ2) is 8.29. The van der Waals surface area contributed by atoms with E-state index in [0.717, 1.165) is 25.7 Å². The summed E-state index contributed by atoms with van der Waals surface area (Å²) < 4.78 is 27.5. The van der Waals surface area contributed by atoms with Crippen molar-refractivity contribution in [3.63, 3.8) is 0 Å². The highest BCUT2D eigenvalue weighted by Gasteiger charge is 2.38. The minimum Gasteiger partial charge on any atom is -0.324 e. The van der Waals surface area contributed by atoms with Crippen molar-refractivity contribution >= 4 is 23.2 Å². The van der Waals surface area contributed by atoms with E-state index in [1.165, 1.54) is 24.3 Å². The topological polar surface area (TPSA) is 58.2 Å². The van der Waals surface area contributed by atoms with Crippen LogP contribution in [0.5, 0.6) is 0 Å². The molecule has 1 saturated carbocycles. The average molecular weight is 372 g/mol. The van der Waals surface area contributed by atoms with Crippen LogP contribution < -0.4 is 10.6 Å². The van der Waals surface area contributed by atoms with E-state index in [1.807, 2.05) is 0 Å². The second-order valence-corrected chi connectivity index (χ2v) is 7.12. The molecule has 142 valence electrons. The van der Waals surface area contributed by atoms with Gasteiger partial charge in [-0.2, -0.15) is 0 Å². The molecule has 0 aromatic heterocycles. The Morgan fingerprint density at radius 2 is 1.19 bits per heavy atom. The van der Waals surface area contributed by atoms with Crippen LogP contribution in [-0.2, 0) is 9.59 Å². The fourth-order valence-corrected chi connectivity index (χ4v) is 3.74. The Labute approximate surface area is 157 Å². The zero-order chi connectivity index (χ0) is 19.3. The van der Waals surface area contributed by atoms with E-state index in [9.17, 15) is 18.4 Å². The fraction of sp³-hybridized carbons (Fsp3) is 0.333. The maximum atomic E-state index is 13.7. The zero-order valence-corrected chi connectivity index (χ0v) is 14.9. The summed E-state index contributed by atoms with van der Waals surface area (Å²) in [6.07, 6.45) is 3.60. The molecule has 0 radical (unpaired) electrons. The van der Waals surface area contributed by atoms with Crippen LogP contribution in [0.2, 0.25) is 0 Å². The Balaban J connectivity index is 1.65. The molecule has 0 unspecified atom stereocenters. The van der Waals surface area contributed by atoms with Crippen LogP contribution in [-0.4, -0.2) is 11.8 Å². The van der Waals surface area contributed by atoms with Gasteiger partial charge in [0, 0.05) is 12.8 Å². The third-order valence-electron chi connectivity index (χ3n) is 5.03. The molecule has 0 atom stereocenters. The highest BCUT2D eigenvalue weighted by atomic mass is 19.1. The number of para-hydroxylation sites is 2. The lowest BCUT2D eigenvalue weighted by atomic mass is 9.79. The van der Waals surface area contributed by atoms with E-state index in [1.54, 1.807) is 24.3 Å². The predicted octanol–water partition coefficient (Wildman–Crippen LogP) is 4.88. The smallest absolute Gasteiger partial charge is 0.225 e. The number of hydrogen-bond acceptors (Lipinski definition) is 2. The van der Waals surface area contributed by atoms with Crippen molar-refractivity contribution in [3.8, 4) is 0 Å². The quantitative estimate of drug-likeness (QED) is 0.759. The number of rotatable bonds is 6. The Morgan fingerprint density at radius 3 is 1.59 bits per heavy atom. The summed E-state index contributed by atoms with van der Waals surface area (Å²) in [7, 11) is 0. The predicted molar refractivity (Wildman–Crippen MR) is 100 cm³/mol. The Hall–Kier alpha value is -2.76. The molecule has 0 heterocycles. The number of hydrogen-bond donors (Lipinski definition) is 2. The first-order valence-corrected chi connectivity index (χ1v) is 9.06. The van der Waals surface area contributed by atoms with Gasteiger partial charge in [0.15, 0.2) is 0 Å². The van der Waals surface area contributed by atoms with Crippen LogP contribution in [0.1, 0.15) is 38.5 Å². The molecule has 0 bridgehead atoms. The minimum absolute atomic E-state index is 0.131. The first-order chi connectivity index (χ1) is 13.0. The van der Waals surface area contributed by atoms with E-state index in [4.69, 9.17) is 0 Å². The third kappa shape index (κ3) is 4.90. The number of carbonyl (C=O) groups excluding carboxylic acids is 2. The third-order valence-corrected chi connectivity index (χ3v) is 5.03. The van der Waals surface area contributed by atoms with Gasteiger partial charge in [-0.05, 0) is 42.5 Å². The summed E-state index contributed by atoms with van der Waals surface area (Å²) in [6, 6.07) is 12.0. The number of halogens is 2. The normalized spacial score (nSPS) is 15.3. The first-order valence-electron chi connectivity index (χ1n) is 9.06. The van der Waals surface area contributed by atoms with Crippen LogP contribution in [0.15, 0.2) is 48.5 Å². The largest absolute Gasteiger partial charge is 0.324 e. The lowest BCUT2D eigenvalue weighted by Gasteiger charge is -2.27. The molecule has 2 N–H and O–H groups in total. The molecule has 0 aliphatic heterocycles. The van der Waals surface area contributed by atoms with Crippen molar-refractivity contribution in [2.45, 2.75) is 38.5 Å². The van der Waals surface area contributed by atoms with E-state index < -0.39 is 17.0 Å². The highest BCUT2D eigenvalue weighted by molar-refractivity contribution is 5.94. The zero-order valence-electron chi connectivity index (χ0n) is 14.9. The van der Waals surface area contributed by atoms with Gasteiger partial charge < -0.3 is 10.6 Å². The molecule has 1 aliphatic rings. The molecule has 3 rings (SSSR count). The summed E-state index contributed by atoms with van der Waals surface area (Å²) >= 11 is 0. The molecule has 0 spiro atoms. The number of carbonyl (C=O) groups is 2. The number of benzene rings is 2. The molecule has 2 aromatic rings. The summed E-state index contributed by atoms with van der Waals surface area (Å²) in [6.45, 7) is 0. The summed E-state index contributed by atoms with van der Waals surface area (Å²) in [5.41, 5.74) is -0.220. The van der Waals surface area contributed by atoms with E-state index in [0.29, 0.717) is 0 Å². The molecule has 2 aromatic carbocycles. The lowest BCUT2D eigenvalue weighted by Crippen LogP contribution is -2.30. The maximum Gasteiger partial charge on any atom is 0.225 e. The van der Waals surface area contributed by atoms with Crippen LogP contribution in [0, 0.1) is 17.0 Å². The maximum absolute atomic E-state index is 13.7. The molecule has 1 aliphatic carbocycles. The SMILES string of the molecule is O=C(CC1(CC(=O)Nc2ccccc2F)CCCC1)Nc1ccccc1F. The molecule has 0 saturated heterocycles. The molecule has 4 nitrogen and oxygen atoms in total.